The zero-order chi connectivity index (χ0) is 22.6. The summed E-state index contributed by atoms with van der Waals surface area (Å²) in [6.45, 7) is 2.03. The third-order valence-electron chi connectivity index (χ3n) is 7.39. The summed E-state index contributed by atoms with van der Waals surface area (Å²) in [5.74, 6) is 0.500. The van der Waals surface area contributed by atoms with Crippen LogP contribution in [0.5, 0.6) is 0 Å². The minimum absolute atomic E-state index is 0.109. The van der Waals surface area contributed by atoms with Gasteiger partial charge in [-0.05, 0) is 24.5 Å². The van der Waals surface area contributed by atoms with Crippen LogP contribution in [-0.2, 0) is 4.79 Å². The molecule has 0 aliphatic carbocycles. The summed E-state index contributed by atoms with van der Waals surface area (Å²) in [6.07, 6.45) is 3.28. The molecule has 4 heterocycles. The Hall–Kier alpha value is -3.87. The molecule has 4 aromatic rings. The van der Waals surface area contributed by atoms with Crippen molar-refractivity contribution in [2.75, 3.05) is 24.5 Å². The molecule has 2 aliphatic heterocycles. The van der Waals surface area contributed by atoms with E-state index in [9.17, 15) is 9.59 Å². The summed E-state index contributed by atoms with van der Waals surface area (Å²) in [5.41, 5.74) is 8.33. The van der Waals surface area contributed by atoms with E-state index in [0.717, 1.165) is 41.5 Å². The number of hydrogen-bond acceptors (Lipinski definition) is 4. The lowest BCUT2D eigenvalue weighted by Crippen LogP contribution is -2.50. The molecule has 33 heavy (non-hydrogen) atoms. The monoisotopic (exact) mass is 439 g/mol. The number of para-hydroxylation sites is 1. The van der Waals surface area contributed by atoms with Crippen LogP contribution < -0.4 is 16.0 Å². The Labute approximate surface area is 191 Å². The topological polar surface area (TPSA) is 104 Å². The molecular formula is C26H25N5O2. The molecule has 2 saturated heterocycles. The standard InChI is InChI=1S/C26H25N5O2/c27-23(32)18-13-28-24(21-17-9-4-5-10-20(17)30-22(18)21)31-12-6-11-26(15-31)19(14-29-25(26)33)16-7-2-1-3-8-16/h1-5,7-10,13,19,30H,6,11-12,14-15H2,(H2,27,32)(H,29,33)/t19?,26-/m0/s1. The normalized spacial score (nSPS) is 22.8. The number of hydrogen-bond donors (Lipinski definition) is 3. The first-order chi connectivity index (χ1) is 16.1. The Balaban J connectivity index is 1.49. The van der Waals surface area contributed by atoms with Crippen molar-refractivity contribution in [1.82, 2.24) is 15.3 Å². The quantitative estimate of drug-likeness (QED) is 0.455. The van der Waals surface area contributed by atoms with Crippen LogP contribution >= 0.6 is 0 Å². The fourth-order valence-corrected chi connectivity index (χ4v) is 5.84. The maximum atomic E-state index is 13.3. The van der Waals surface area contributed by atoms with E-state index in [1.807, 2.05) is 42.5 Å². The molecule has 6 rings (SSSR count). The zero-order valence-corrected chi connectivity index (χ0v) is 18.2. The van der Waals surface area contributed by atoms with Crippen molar-refractivity contribution in [2.24, 2.45) is 11.1 Å². The highest BCUT2D eigenvalue weighted by Gasteiger charge is 2.53. The molecule has 166 valence electrons. The highest BCUT2D eigenvalue weighted by atomic mass is 16.2. The number of nitrogens with two attached hydrogens (primary N) is 1. The number of pyridine rings is 1. The van der Waals surface area contributed by atoms with Crippen LogP contribution in [0, 0.1) is 5.41 Å². The number of nitrogens with one attached hydrogen (secondary N) is 2. The number of H-pyrrole nitrogens is 1. The molecule has 4 N–H and O–H groups in total. The van der Waals surface area contributed by atoms with Crippen LogP contribution in [0.15, 0.2) is 60.8 Å². The maximum absolute atomic E-state index is 13.3. The van der Waals surface area contributed by atoms with E-state index in [-0.39, 0.29) is 11.8 Å². The molecule has 7 heteroatoms. The van der Waals surface area contributed by atoms with Crippen molar-refractivity contribution in [3.05, 3.63) is 71.9 Å². The average molecular weight is 440 g/mol. The van der Waals surface area contributed by atoms with E-state index in [0.29, 0.717) is 24.2 Å². The second-order valence-electron chi connectivity index (χ2n) is 9.13. The lowest BCUT2D eigenvalue weighted by atomic mass is 9.69. The van der Waals surface area contributed by atoms with Crippen LogP contribution in [0.2, 0.25) is 0 Å². The second-order valence-corrected chi connectivity index (χ2v) is 9.13. The number of amides is 2. The number of nitrogens with zero attached hydrogens (tertiary/aromatic N) is 2. The van der Waals surface area contributed by atoms with Gasteiger partial charge in [0.05, 0.1) is 21.9 Å². The van der Waals surface area contributed by atoms with Crippen LogP contribution in [0.4, 0.5) is 5.82 Å². The number of carbonyl (C=O) groups is 2. The summed E-state index contributed by atoms with van der Waals surface area (Å²) in [7, 11) is 0. The van der Waals surface area contributed by atoms with Crippen molar-refractivity contribution in [2.45, 2.75) is 18.8 Å². The highest BCUT2D eigenvalue weighted by molar-refractivity contribution is 6.18. The number of piperidine rings is 1. The molecule has 2 aliphatic rings. The van der Waals surface area contributed by atoms with Gasteiger partial charge in [-0.3, -0.25) is 9.59 Å². The molecule has 2 fully saturated rings. The van der Waals surface area contributed by atoms with Gasteiger partial charge in [-0.25, -0.2) is 4.98 Å². The number of rotatable bonds is 3. The number of benzene rings is 2. The maximum Gasteiger partial charge on any atom is 0.252 e. The Morgan fingerprint density at radius 1 is 1.12 bits per heavy atom. The summed E-state index contributed by atoms with van der Waals surface area (Å²) in [5, 5.41) is 5.01. The Bertz CT molecular complexity index is 1400. The van der Waals surface area contributed by atoms with Crippen molar-refractivity contribution in [3.63, 3.8) is 0 Å². The van der Waals surface area contributed by atoms with Gasteiger partial charge in [0.15, 0.2) is 0 Å². The molecule has 1 unspecified atom stereocenters. The molecule has 2 amide bonds. The Kier molecular flexibility index (Phi) is 4.40. The molecule has 0 radical (unpaired) electrons. The Morgan fingerprint density at radius 2 is 1.91 bits per heavy atom. The number of carbonyl (C=O) groups excluding carboxylic acids is 2. The predicted octanol–water partition coefficient (Wildman–Crippen LogP) is 3.32. The SMILES string of the molecule is NC(=O)c1cnc(N2CCC[C@@]3(C2)C(=O)NCC3c2ccccc2)c2c1[nH]c1ccccc12. The molecule has 0 bridgehead atoms. The van der Waals surface area contributed by atoms with Gasteiger partial charge in [0.2, 0.25) is 5.91 Å². The minimum Gasteiger partial charge on any atom is -0.365 e. The molecule has 2 aromatic carbocycles. The van der Waals surface area contributed by atoms with Gasteiger partial charge in [0.25, 0.3) is 5.91 Å². The fraction of sp³-hybridized carbons (Fsp3) is 0.269. The molecule has 7 nitrogen and oxygen atoms in total. The van der Waals surface area contributed by atoms with Crippen molar-refractivity contribution >= 4 is 39.4 Å². The Morgan fingerprint density at radius 3 is 2.73 bits per heavy atom. The van der Waals surface area contributed by atoms with Crippen molar-refractivity contribution in [3.8, 4) is 0 Å². The number of fused-ring (bicyclic) bond motifs is 3. The van der Waals surface area contributed by atoms with Crippen LogP contribution in [0.1, 0.15) is 34.7 Å². The average Bonchev–Trinajstić information content (AvgIpc) is 3.37. The molecule has 2 aromatic heterocycles. The van der Waals surface area contributed by atoms with Gasteiger partial charge in [-0.1, -0.05) is 48.5 Å². The molecule has 0 saturated carbocycles. The number of aromatic nitrogens is 2. The van der Waals surface area contributed by atoms with Gasteiger partial charge in [-0.2, -0.15) is 0 Å². The first-order valence-electron chi connectivity index (χ1n) is 11.4. The van der Waals surface area contributed by atoms with E-state index in [1.54, 1.807) is 6.20 Å². The molecular weight excluding hydrogens is 414 g/mol. The van der Waals surface area contributed by atoms with Crippen LogP contribution in [-0.4, -0.2) is 41.4 Å². The third kappa shape index (κ3) is 2.92. The van der Waals surface area contributed by atoms with E-state index < -0.39 is 11.3 Å². The lowest BCUT2D eigenvalue weighted by molar-refractivity contribution is -0.128. The van der Waals surface area contributed by atoms with Crippen molar-refractivity contribution in [1.29, 1.82) is 0 Å². The van der Waals surface area contributed by atoms with Crippen LogP contribution in [0.25, 0.3) is 21.8 Å². The molecule has 2 atom stereocenters. The fourth-order valence-electron chi connectivity index (χ4n) is 5.84. The van der Waals surface area contributed by atoms with Crippen LogP contribution in [0.3, 0.4) is 0 Å². The van der Waals surface area contributed by atoms with Gasteiger partial charge in [0.1, 0.15) is 5.82 Å². The molecule has 1 spiro atoms. The van der Waals surface area contributed by atoms with Gasteiger partial charge in [-0.15, -0.1) is 0 Å². The summed E-state index contributed by atoms with van der Waals surface area (Å²) in [6, 6.07) is 18.2. The number of aromatic amines is 1. The highest BCUT2D eigenvalue weighted by Crippen LogP contribution is 2.48. The smallest absolute Gasteiger partial charge is 0.252 e. The van der Waals surface area contributed by atoms with Gasteiger partial charge in [0, 0.05) is 42.7 Å². The zero-order valence-electron chi connectivity index (χ0n) is 18.2. The predicted molar refractivity (Wildman–Crippen MR) is 128 cm³/mol. The lowest BCUT2D eigenvalue weighted by Gasteiger charge is -2.42. The van der Waals surface area contributed by atoms with Gasteiger partial charge >= 0.3 is 0 Å². The number of primary amides is 1. The van der Waals surface area contributed by atoms with E-state index >= 15 is 0 Å². The van der Waals surface area contributed by atoms with E-state index in [1.165, 1.54) is 5.56 Å². The third-order valence-corrected chi connectivity index (χ3v) is 7.39. The number of anilines is 1. The van der Waals surface area contributed by atoms with E-state index in [4.69, 9.17) is 10.7 Å². The first-order valence-corrected chi connectivity index (χ1v) is 11.4. The first kappa shape index (κ1) is 19.8. The largest absolute Gasteiger partial charge is 0.365 e. The van der Waals surface area contributed by atoms with E-state index in [2.05, 4.69) is 27.3 Å². The minimum atomic E-state index is -0.514. The van der Waals surface area contributed by atoms with Gasteiger partial charge < -0.3 is 20.9 Å². The summed E-state index contributed by atoms with van der Waals surface area (Å²) >= 11 is 0. The second kappa shape index (κ2) is 7.33. The van der Waals surface area contributed by atoms with Crippen molar-refractivity contribution < 1.29 is 9.59 Å². The summed E-state index contributed by atoms with van der Waals surface area (Å²) in [4.78, 5) is 35.7. The summed E-state index contributed by atoms with van der Waals surface area (Å²) < 4.78 is 0.